The van der Waals surface area contributed by atoms with Crippen LogP contribution in [0.25, 0.3) is 0 Å². The van der Waals surface area contributed by atoms with Gasteiger partial charge >= 0.3 is 17.9 Å². The second-order valence-electron chi connectivity index (χ2n) is 15.9. The number of hydrogen-bond acceptors (Lipinski definition) is 15. The highest BCUT2D eigenvalue weighted by atomic mass is 35.5. The average molecular weight is 1270 g/mol. The van der Waals surface area contributed by atoms with Crippen LogP contribution >= 0.6 is 104 Å². The van der Waals surface area contributed by atoms with E-state index in [1.807, 2.05) is 0 Å². The summed E-state index contributed by atoms with van der Waals surface area (Å²) in [6.45, 7) is 7.32. The lowest BCUT2D eigenvalue weighted by atomic mass is 10.3. The van der Waals surface area contributed by atoms with Gasteiger partial charge < -0.3 is 42.6 Å². The molecule has 0 aliphatic heterocycles. The highest BCUT2D eigenvalue weighted by Gasteiger charge is 2.24. The molecule has 422 valence electrons. The second kappa shape index (κ2) is 33.0. The predicted molar refractivity (Wildman–Crippen MR) is 306 cm³/mol. The fraction of sp³-hybridized carbons (Fsp3) is 0.236. The molecular weight excluding hydrogens is 1220 g/mol. The molecule has 0 radical (unpaired) electrons. The number of halogens is 9. The lowest BCUT2D eigenvalue weighted by Gasteiger charge is -2.19. The summed E-state index contributed by atoms with van der Waals surface area (Å²) in [4.78, 5) is 68.6. The highest BCUT2D eigenvalue weighted by Crippen LogP contribution is 2.41. The van der Waals surface area contributed by atoms with Crippen molar-refractivity contribution in [3.8, 4) is 51.7 Å². The van der Waals surface area contributed by atoms with E-state index in [0.29, 0.717) is 79.7 Å². The van der Waals surface area contributed by atoms with Gasteiger partial charge in [0.1, 0.15) is 23.9 Å². The van der Waals surface area contributed by atoms with E-state index >= 15 is 0 Å². The maximum Gasteiger partial charge on any atom is 0.347 e. The van der Waals surface area contributed by atoms with Crippen LogP contribution in [0.1, 0.15) is 49.0 Å². The van der Waals surface area contributed by atoms with Gasteiger partial charge in [0, 0.05) is 48.3 Å². The van der Waals surface area contributed by atoms with Crippen LogP contribution in [0.5, 0.6) is 51.7 Å². The molecule has 0 fully saturated rings. The molecule has 0 heterocycles. The zero-order valence-electron chi connectivity index (χ0n) is 41.8. The first-order valence-corrected chi connectivity index (χ1v) is 25.9. The number of rotatable bonds is 21. The molecule has 6 aromatic carbocycles. The van der Waals surface area contributed by atoms with Crippen molar-refractivity contribution in [2.24, 2.45) is 0 Å². The molecule has 6 rings (SSSR count). The van der Waals surface area contributed by atoms with E-state index in [0.717, 1.165) is 0 Å². The van der Waals surface area contributed by atoms with Gasteiger partial charge in [0.25, 0.3) is 0 Å². The van der Waals surface area contributed by atoms with Crippen molar-refractivity contribution < 1.29 is 71.4 Å². The normalized spacial score (nSPS) is 11.4. The van der Waals surface area contributed by atoms with Crippen LogP contribution < -0.4 is 28.4 Å². The third-order valence-corrected chi connectivity index (χ3v) is 11.9. The molecular formula is C55H49Cl9O15. The molecule has 0 spiro atoms. The first-order valence-electron chi connectivity index (χ1n) is 22.5. The van der Waals surface area contributed by atoms with Gasteiger partial charge in [0.2, 0.25) is 0 Å². The minimum Gasteiger partial charge on any atom is -0.478 e. The monoisotopic (exact) mass is 1260 g/mol. The molecule has 0 aromatic heterocycles. The van der Waals surface area contributed by atoms with Crippen LogP contribution in [0.4, 0.5) is 0 Å². The van der Waals surface area contributed by atoms with Gasteiger partial charge in [-0.3, -0.25) is 14.4 Å². The quantitative estimate of drug-likeness (QED) is 0.0489. The predicted octanol–water partition coefficient (Wildman–Crippen LogP) is 16.7. The molecule has 3 atom stereocenters. The average Bonchev–Trinajstić information content (AvgIpc) is 3.37. The fourth-order valence-corrected chi connectivity index (χ4v) is 7.28. The third kappa shape index (κ3) is 23.4. The Hall–Kier alpha value is -5.85. The Morgan fingerprint density at radius 1 is 0.380 bits per heavy atom. The Kier molecular flexibility index (Phi) is 28.2. The topological polar surface area (TPSA) is 185 Å². The standard InChI is InChI=1S/C19H17Cl3O5.C18H15Cl3O5.C17H13Cl3O5.CH4/c1-10(23)11(2)26-19(24)12(3)25-18-9-14(21)5-7-17(18)27-16-6-4-13(20)8-15(16)22;1-10(22)11(2)25-18(23)9-24-17-8-13(20)4-6-16(17)26-15-5-3-12(19)7-14(15)21;1-10(21)8-24-17(22)9-23-16-7-12(19)3-5-15(16)25-14-4-2-11(18)6-13(14)20;/h4-9,11-12H,1-3H3;3-8,11H,9H2,1-2H3;2-7H,8-9H2,1H3;1H4. The van der Waals surface area contributed by atoms with E-state index in [9.17, 15) is 28.8 Å². The number of ether oxygens (including phenoxy) is 9. The van der Waals surface area contributed by atoms with Gasteiger partial charge in [0.05, 0.1) is 15.1 Å². The Bertz CT molecular complexity index is 3120. The Morgan fingerprint density at radius 3 is 1.05 bits per heavy atom. The lowest BCUT2D eigenvalue weighted by Crippen LogP contribution is -2.31. The zero-order valence-corrected chi connectivity index (χ0v) is 48.6. The van der Waals surface area contributed by atoms with Gasteiger partial charge in [0.15, 0.2) is 83.4 Å². The number of ketones is 3. The van der Waals surface area contributed by atoms with Crippen molar-refractivity contribution >= 4 is 140 Å². The largest absolute Gasteiger partial charge is 0.478 e. The molecule has 15 nitrogen and oxygen atoms in total. The summed E-state index contributed by atoms with van der Waals surface area (Å²) in [7, 11) is 0. The molecule has 0 aliphatic carbocycles. The van der Waals surface area contributed by atoms with E-state index in [-0.39, 0.29) is 48.6 Å². The summed E-state index contributed by atoms with van der Waals surface area (Å²) in [6.07, 6.45) is -2.69. The molecule has 0 bridgehead atoms. The number of carbonyl (C=O) groups is 6. The summed E-state index contributed by atoms with van der Waals surface area (Å²) >= 11 is 53.8. The SMILES string of the molecule is C.CC(=O)C(C)OC(=O)C(C)Oc1cc(Cl)ccc1Oc1ccc(Cl)cc1Cl.CC(=O)C(C)OC(=O)COc1cc(Cl)ccc1Oc1ccc(Cl)cc1Cl.CC(=O)COC(=O)COc1cc(Cl)ccc1Oc1ccc(Cl)cc1Cl. The van der Waals surface area contributed by atoms with Crippen molar-refractivity contribution in [2.75, 3.05) is 19.8 Å². The molecule has 0 saturated carbocycles. The van der Waals surface area contributed by atoms with Gasteiger partial charge in [-0.1, -0.05) is 112 Å². The van der Waals surface area contributed by atoms with Crippen LogP contribution in [0.2, 0.25) is 45.2 Å². The number of benzene rings is 6. The number of Topliss-reactive ketones (excluding diaryl/α,β-unsaturated/α-hetero) is 3. The fourth-order valence-electron chi connectivity index (χ4n) is 5.45. The van der Waals surface area contributed by atoms with Crippen LogP contribution in [-0.4, -0.2) is 73.4 Å². The van der Waals surface area contributed by atoms with Crippen LogP contribution in [0.3, 0.4) is 0 Å². The summed E-state index contributed by atoms with van der Waals surface area (Å²) in [5.74, 6) is -0.242. The van der Waals surface area contributed by atoms with Crippen molar-refractivity contribution in [2.45, 2.75) is 67.3 Å². The number of carbonyl (C=O) groups excluding carboxylic acids is 6. The molecule has 6 aromatic rings. The van der Waals surface area contributed by atoms with Gasteiger partial charge in [-0.05, 0) is 133 Å². The first kappa shape index (κ1) is 67.4. The smallest absolute Gasteiger partial charge is 0.347 e. The third-order valence-electron chi connectivity index (χ3n) is 9.57. The molecule has 0 saturated heterocycles. The van der Waals surface area contributed by atoms with E-state index in [1.54, 1.807) is 72.8 Å². The van der Waals surface area contributed by atoms with Crippen molar-refractivity contribution in [1.82, 2.24) is 0 Å². The first-order chi connectivity index (χ1) is 36.8. The summed E-state index contributed by atoms with van der Waals surface area (Å²) in [5.41, 5.74) is 0. The van der Waals surface area contributed by atoms with E-state index < -0.39 is 49.4 Å². The number of esters is 3. The zero-order chi connectivity index (χ0) is 57.8. The van der Waals surface area contributed by atoms with E-state index in [1.165, 1.54) is 77.9 Å². The minimum absolute atomic E-state index is 0. The van der Waals surface area contributed by atoms with Crippen LogP contribution in [0, 0.1) is 0 Å². The highest BCUT2D eigenvalue weighted by molar-refractivity contribution is 6.37. The van der Waals surface area contributed by atoms with Crippen molar-refractivity contribution in [3.05, 3.63) is 154 Å². The van der Waals surface area contributed by atoms with Crippen LogP contribution in [-0.2, 0) is 43.0 Å². The Balaban J connectivity index is 0.000000310. The van der Waals surface area contributed by atoms with Crippen molar-refractivity contribution in [1.29, 1.82) is 0 Å². The van der Waals surface area contributed by atoms with Gasteiger partial charge in [-0.2, -0.15) is 0 Å². The Labute approximate surface area is 500 Å². The molecule has 0 N–H and O–H groups in total. The van der Waals surface area contributed by atoms with Crippen LogP contribution in [0.15, 0.2) is 109 Å². The van der Waals surface area contributed by atoms with Gasteiger partial charge in [-0.15, -0.1) is 0 Å². The molecule has 0 amide bonds. The summed E-state index contributed by atoms with van der Waals surface area (Å²) < 4.78 is 48.3. The lowest BCUT2D eigenvalue weighted by molar-refractivity contribution is -0.159. The minimum atomic E-state index is -0.992. The van der Waals surface area contributed by atoms with E-state index in [2.05, 4.69) is 0 Å². The number of hydrogen-bond donors (Lipinski definition) is 0. The molecule has 79 heavy (non-hydrogen) atoms. The van der Waals surface area contributed by atoms with E-state index in [4.69, 9.17) is 147 Å². The second-order valence-corrected chi connectivity index (χ2v) is 19.8. The molecule has 3 unspecified atom stereocenters. The maximum atomic E-state index is 12.1. The Morgan fingerprint density at radius 2 is 0.696 bits per heavy atom. The molecule has 24 heteroatoms. The van der Waals surface area contributed by atoms with Gasteiger partial charge in [-0.25, -0.2) is 14.4 Å². The van der Waals surface area contributed by atoms with Crippen molar-refractivity contribution in [3.63, 3.8) is 0 Å². The maximum absolute atomic E-state index is 12.1. The summed E-state index contributed by atoms with van der Waals surface area (Å²) in [5, 5.41) is 3.51. The summed E-state index contributed by atoms with van der Waals surface area (Å²) in [6, 6.07) is 28.3. The molecule has 0 aliphatic rings.